The van der Waals surface area contributed by atoms with E-state index in [4.69, 9.17) is 4.74 Å². The van der Waals surface area contributed by atoms with Crippen LogP contribution in [-0.4, -0.2) is 47.7 Å². The molecule has 0 aliphatic heterocycles. The molecule has 0 saturated heterocycles. The van der Waals surface area contributed by atoms with Crippen LogP contribution in [0.15, 0.2) is 57.0 Å². The summed E-state index contributed by atoms with van der Waals surface area (Å²) < 4.78 is 32.4. The number of nitrogens with one attached hydrogen (secondary N) is 3. The lowest BCUT2D eigenvalue weighted by Gasteiger charge is -2.12. The second-order valence-electron chi connectivity index (χ2n) is 4.92. The first-order chi connectivity index (χ1) is 12.1. The molecule has 0 spiro atoms. The Kier molecular flexibility index (Phi) is 7.71. The normalized spacial score (nSPS) is 12.0. The van der Waals surface area contributed by atoms with E-state index in [1.807, 2.05) is 30.3 Å². The average molecular weight is 383 g/mol. The van der Waals surface area contributed by atoms with Crippen molar-refractivity contribution in [3.05, 3.63) is 47.8 Å². The van der Waals surface area contributed by atoms with Crippen molar-refractivity contribution < 1.29 is 13.2 Å². The number of thiophene rings is 1. The molecule has 25 heavy (non-hydrogen) atoms. The van der Waals surface area contributed by atoms with Crippen LogP contribution in [0, 0.1) is 0 Å². The third-order valence-corrected chi connectivity index (χ3v) is 5.96. The fourth-order valence-corrected chi connectivity index (χ4v) is 4.00. The molecule has 1 aromatic carbocycles. The van der Waals surface area contributed by atoms with Gasteiger partial charge < -0.3 is 15.4 Å². The van der Waals surface area contributed by atoms with Gasteiger partial charge in [0.2, 0.25) is 10.0 Å². The van der Waals surface area contributed by atoms with Crippen LogP contribution in [0.2, 0.25) is 0 Å². The van der Waals surface area contributed by atoms with Gasteiger partial charge in [0.1, 0.15) is 16.6 Å². The van der Waals surface area contributed by atoms with Crippen LogP contribution >= 0.6 is 11.3 Å². The monoisotopic (exact) mass is 382 g/mol. The van der Waals surface area contributed by atoms with Crippen molar-refractivity contribution in [3.8, 4) is 5.75 Å². The highest BCUT2D eigenvalue weighted by atomic mass is 32.2. The van der Waals surface area contributed by atoms with Gasteiger partial charge in [-0.25, -0.2) is 13.1 Å². The van der Waals surface area contributed by atoms with Gasteiger partial charge in [0.15, 0.2) is 5.96 Å². The average Bonchev–Trinajstić information content (AvgIpc) is 3.17. The third-order valence-electron chi connectivity index (χ3n) is 3.10. The number of para-hydroxylation sites is 1. The van der Waals surface area contributed by atoms with E-state index in [9.17, 15) is 8.42 Å². The summed E-state index contributed by atoms with van der Waals surface area (Å²) in [6, 6.07) is 12.8. The molecule has 0 fully saturated rings. The summed E-state index contributed by atoms with van der Waals surface area (Å²) in [6.45, 7) is 1.76. The van der Waals surface area contributed by atoms with Crippen LogP contribution in [0.1, 0.15) is 0 Å². The number of hydrogen-bond acceptors (Lipinski definition) is 5. The molecular weight excluding hydrogens is 360 g/mol. The van der Waals surface area contributed by atoms with Gasteiger partial charge in [-0.15, -0.1) is 11.3 Å². The Hall–Kier alpha value is -2.10. The lowest BCUT2D eigenvalue weighted by molar-refractivity contribution is 0.322. The van der Waals surface area contributed by atoms with Crippen LogP contribution in [0.25, 0.3) is 0 Å². The van der Waals surface area contributed by atoms with E-state index < -0.39 is 10.0 Å². The molecule has 0 unspecified atom stereocenters. The fraction of sp³-hybridized carbons (Fsp3) is 0.312. The maximum atomic E-state index is 12.0. The number of ether oxygens (including phenoxy) is 1. The van der Waals surface area contributed by atoms with Crippen molar-refractivity contribution in [1.29, 1.82) is 0 Å². The molecule has 0 atom stereocenters. The summed E-state index contributed by atoms with van der Waals surface area (Å²) in [4.78, 5) is 4.08. The molecule has 1 heterocycles. The Morgan fingerprint density at radius 1 is 1.08 bits per heavy atom. The Morgan fingerprint density at radius 2 is 1.84 bits per heavy atom. The third kappa shape index (κ3) is 6.73. The molecule has 0 aliphatic carbocycles. The number of aliphatic imine (C=N–C) groups is 1. The molecular formula is C16H22N4O3S2. The standard InChI is InChI=1S/C16H22N4O3S2/c1-17-16(19-11-12-23-14-6-3-2-4-7-14)18-9-10-20-25(21,22)15-8-5-13-24-15/h2-8,13,20H,9-12H2,1H3,(H2,17,18,19). The minimum Gasteiger partial charge on any atom is -0.492 e. The molecule has 0 radical (unpaired) electrons. The molecule has 2 rings (SSSR count). The van der Waals surface area contributed by atoms with Gasteiger partial charge in [-0.05, 0) is 23.6 Å². The molecule has 7 nitrogen and oxygen atoms in total. The van der Waals surface area contributed by atoms with Gasteiger partial charge in [0.25, 0.3) is 0 Å². The summed E-state index contributed by atoms with van der Waals surface area (Å²) in [7, 11) is -1.77. The van der Waals surface area contributed by atoms with Crippen molar-refractivity contribution in [2.75, 3.05) is 33.3 Å². The van der Waals surface area contributed by atoms with E-state index in [2.05, 4.69) is 20.3 Å². The quantitative estimate of drug-likeness (QED) is 0.345. The lowest BCUT2D eigenvalue weighted by Crippen LogP contribution is -2.42. The summed E-state index contributed by atoms with van der Waals surface area (Å²) in [5, 5.41) is 7.88. The fourth-order valence-electron chi connectivity index (χ4n) is 1.93. The maximum absolute atomic E-state index is 12.0. The van der Waals surface area contributed by atoms with Crippen LogP contribution in [0.3, 0.4) is 0 Å². The largest absolute Gasteiger partial charge is 0.492 e. The van der Waals surface area contributed by atoms with Gasteiger partial charge in [-0.3, -0.25) is 4.99 Å². The van der Waals surface area contributed by atoms with E-state index in [0.717, 1.165) is 5.75 Å². The summed E-state index contributed by atoms with van der Waals surface area (Å²) in [6.07, 6.45) is 0. The van der Waals surface area contributed by atoms with Gasteiger partial charge in [-0.2, -0.15) is 0 Å². The zero-order chi connectivity index (χ0) is 18.0. The van der Waals surface area contributed by atoms with Crippen molar-refractivity contribution in [2.45, 2.75) is 4.21 Å². The van der Waals surface area contributed by atoms with Gasteiger partial charge >= 0.3 is 0 Å². The Morgan fingerprint density at radius 3 is 2.52 bits per heavy atom. The van der Waals surface area contributed by atoms with E-state index in [1.54, 1.807) is 24.6 Å². The van der Waals surface area contributed by atoms with Crippen molar-refractivity contribution in [2.24, 2.45) is 4.99 Å². The van der Waals surface area contributed by atoms with Crippen LogP contribution in [0.4, 0.5) is 0 Å². The molecule has 0 saturated carbocycles. The zero-order valence-electron chi connectivity index (χ0n) is 13.9. The lowest BCUT2D eigenvalue weighted by atomic mass is 10.3. The number of sulfonamides is 1. The predicted molar refractivity (Wildman–Crippen MR) is 101 cm³/mol. The van der Waals surface area contributed by atoms with Crippen LogP contribution < -0.4 is 20.1 Å². The molecule has 136 valence electrons. The smallest absolute Gasteiger partial charge is 0.250 e. The molecule has 3 N–H and O–H groups in total. The molecule has 0 amide bonds. The summed E-state index contributed by atoms with van der Waals surface area (Å²) >= 11 is 1.19. The van der Waals surface area contributed by atoms with E-state index in [-0.39, 0.29) is 6.54 Å². The topological polar surface area (TPSA) is 91.8 Å². The van der Waals surface area contributed by atoms with Crippen LogP contribution in [-0.2, 0) is 10.0 Å². The number of benzene rings is 1. The molecule has 9 heteroatoms. The minimum atomic E-state index is -3.42. The Balaban J connectivity index is 1.62. The van der Waals surface area contributed by atoms with Gasteiger partial charge in [-0.1, -0.05) is 24.3 Å². The molecule has 0 bridgehead atoms. The van der Waals surface area contributed by atoms with Crippen molar-refractivity contribution >= 4 is 27.3 Å². The van der Waals surface area contributed by atoms with E-state index in [1.165, 1.54) is 11.3 Å². The van der Waals surface area contributed by atoms with Crippen LogP contribution in [0.5, 0.6) is 5.75 Å². The van der Waals surface area contributed by atoms with E-state index in [0.29, 0.717) is 29.9 Å². The van der Waals surface area contributed by atoms with Crippen molar-refractivity contribution in [3.63, 3.8) is 0 Å². The zero-order valence-corrected chi connectivity index (χ0v) is 15.6. The van der Waals surface area contributed by atoms with Gasteiger partial charge in [0.05, 0.1) is 6.54 Å². The number of rotatable bonds is 9. The first-order valence-corrected chi connectivity index (χ1v) is 10.1. The first-order valence-electron chi connectivity index (χ1n) is 7.77. The Labute approximate surface area is 152 Å². The minimum absolute atomic E-state index is 0.265. The highest BCUT2D eigenvalue weighted by molar-refractivity contribution is 7.91. The first kappa shape index (κ1) is 19.2. The second kappa shape index (κ2) is 10.0. The maximum Gasteiger partial charge on any atom is 0.250 e. The molecule has 0 aliphatic rings. The molecule has 2 aromatic rings. The SMILES string of the molecule is CN=C(NCCNS(=O)(=O)c1cccs1)NCCOc1ccccc1. The summed E-state index contributed by atoms with van der Waals surface area (Å²) in [5.74, 6) is 1.40. The van der Waals surface area contributed by atoms with Gasteiger partial charge in [0, 0.05) is 20.1 Å². The highest BCUT2D eigenvalue weighted by Crippen LogP contribution is 2.14. The number of guanidine groups is 1. The molecule has 1 aromatic heterocycles. The number of hydrogen-bond donors (Lipinski definition) is 3. The van der Waals surface area contributed by atoms with E-state index >= 15 is 0 Å². The highest BCUT2D eigenvalue weighted by Gasteiger charge is 2.13. The summed E-state index contributed by atoms with van der Waals surface area (Å²) in [5.41, 5.74) is 0. The number of nitrogens with zero attached hydrogens (tertiary/aromatic N) is 1. The second-order valence-corrected chi connectivity index (χ2v) is 7.86. The predicted octanol–water partition coefficient (Wildman–Crippen LogP) is 1.27. The van der Waals surface area contributed by atoms with Crippen molar-refractivity contribution in [1.82, 2.24) is 15.4 Å². The Bertz CT molecular complexity index is 747.